The molecule has 0 aliphatic rings. The summed E-state index contributed by atoms with van der Waals surface area (Å²) in [7, 11) is 0. The van der Waals surface area contributed by atoms with Crippen LogP contribution in [0.1, 0.15) is 25.1 Å². The van der Waals surface area contributed by atoms with Crippen molar-refractivity contribution in [2.45, 2.75) is 26.7 Å². The Balaban J connectivity index is 2.77. The van der Waals surface area contributed by atoms with Crippen molar-refractivity contribution in [3.8, 4) is 0 Å². The van der Waals surface area contributed by atoms with Crippen molar-refractivity contribution in [1.29, 1.82) is 0 Å². The SMILES string of the molecule is CC(C)CC(CBr)(CBr)Cc1ccc(Cl)s1. The van der Waals surface area contributed by atoms with Gasteiger partial charge in [0.1, 0.15) is 0 Å². The molecule has 0 nitrogen and oxygen atoms in total. The molecular formula is C12H17Br2ClS. The van der Waals surface area contributed by atoms with Crippen LogP contribution in [0.3, 0.4) is 0 Å². The monoisotopic (exact) mass is 386 g/mol. The Kier molecular flexibility index (Phi) is 6.35. The van der Waals surface area contributed by atoms with E-state index >= 15 is 0 Å². The maximum absolute atomic E-state index is 5.98. The summed E-state index contributed by atoms with van der Waals surface area (Å²) in [4.78, 5) is 1.38. The third kappa shape index (κ3) is 4.32. The van der Waals surface area contributed by atoms with E-state index in [9.17, 15) is 0 Å². The molecule has 0 N–H and O–H groups in total. The van der Waals surface area contributed by atoms with Gasteiger partial charge in [-0.15, -0.1) is 11.3 Å². The molecule has 1 aromatic rings. The molecule has 0 atom stereocenters. The van der Waals surface area contributed by atoms with Crippen LogP contribution in [0.2, 0.25) is 4.34 Å². The Morgan fingerprint density at radius 2 is 1.94 bits per heavy atom. The maximum atomic E-state index is 5.98. The summed E-state index contributed by atoms with van der Waals surface area (Å²) in [5, 5.41) is 2.05. The van der Waals surface area contributed by atoms with Gasteiger partial charge in [-0.3, -0.25) is 0 Å². The normalized spacial score (nSPS) is 12.4. The number of alkyl halides is 2. The van der Waals surface area contributed by atoms with E-state index in [-0.39, 0.29) is 0 Å². The van der Waals surface area contributed by atoms with E-state index in [1.165, 1.54) is 11.3 Å². The lowest BCUT2D eigenvalue weighted by molar-refractivity contribution is 0.306. The quantitative estimate of drug-likeness (QED) is 0.543. The first-order chi connectivity index (χ1) is 7.51. The highest BCUT2D eigenvalue weighted by atomic mass is 79.9. The van der Waals surface area contributed by atoms with Crippen LogP contribution in [0, 0.1) is 11.3 Å². The fourth-order valence-corrected chi connectivity index (χ4v) is 5.04. The molecule has 0 amide bonds. The average molecular weight is 389 g/mol. The van der Waals surface area contributed by atoms with Crippen molar-refractivity contribution in [3.63, 3.8) is 0 Å². The maximum Gasteiger partial charge on any atom is 0.0931 e. The molecule has 0 spiro atoms. The second kappa shape index (κ2) is 6.77. The van der Waals surface area contributed by atoms with Crippen LogP contribution in [0.4, 0.5) is 0 Å². The van der Waals surface area contributed by atoms with Crippen LogP contribution in [0.25, 0.3) is 0 Å². The molecule has 0 aromatic carbocycles. The van der Waals surface area contributed by atoms with Crippen LogP contribution in [-0.2, 0) is 6.42 Å². The highest BCUT2D eigenvalue weighted by Crippen LogP contribution is 2.37. The Hall–Kier alpha value is 0.950. The van der Waals surface area contributed by atoms with Crippen LogP contribution in [0.15, 0.2) is 12.1 Å². The van der Waals surface area contributed by atoms with Gasteiger partial charge in [0, 0.05) is 15.5 Å². The minimum absolute atomic E-state index is 0.308. The zero-order valence-corrected chi connectivity index (χ0v) is 14.3. The molecule has 16 heavy (non-hydrogen) atoms. The smallest absolute Gasteiger partial charge is 0.0931 e. The predicted octanol–water partition coefficient (Wildman–Crippen LogP) is 5.77. The minimum Gasteiger partial charge on any atom is -0.128 e. The molecule has 1 heterocycles. The number of thiophene rings is 1. The molecule has 0 fully saturated rings. The summed E-state index contributed by atoms with van der Waals surface area (Å²) in [5.74, 6) is 0.713. The highest BCUT2D eigenvalue weighted by Gasteiger charge is 2.29. The fourth-order valence-electron chi connectivity index (χ4n) is 1.99. The summed E-state index contributed by atoms with van der Waals surface area (Å²) in [6, 6.07) is 4.14. The molecule has 92 valence electrons. The van der Waals surface area contributed by atoms with Gasteiger partial charge in [-0.1, -0.05) is 57.3 Å². The zero-order valence-electron chi connectivity index (χ0n) is 9.60. The predicted molar refractivity (Wildman–Crippen MR) is 82.5 cm³/mol. The van der Waals surface area contributed by atoms with E-state index in [2.05, 4.69) is 51.8 Å². The van der Waals surface area contributed by atoms with Crippen molar-refractivity contribution < 1.29 is 0 Å². The standard InChI is InChI=1S/C12H17Br2ClS/c1-9(2)5-12(7-13,8-14)6-10-3-4-11(15)16-10/h3-4,9H,5-8H2,1-2H3. The third-order valence-electron chi connectivity index (χ3n) is 2.59. The largest absolute Gasteiger partial charge is 0.128 e. The topological polar surface area (TPSA) is 0 Å². The molecule has 0 saturated heterocycles. The summed E-state index contributed by atoms with van der Waals surface area (Å²) in [6.45, 7) is 4.56. The van der Waals surface area contributed by atoms with Crippen LogP contribution < -0.4 is 0 Å². The van der Waals surface area contributed by atoms with Crippen LogP contribution in [0.5, 0.6) is 0 Å². The van der Waals surface area contributed by atoms with Crippen LogP contribution >= 0.6 is 54.8 Å². The van der Waals surface area contributed by atoms with Crippen molar-refractivity contribution >= 4 is 54.8 Å². The molecule has 0 radical (unpaired) electrons. The van der Waals surface area contributed by atoms with Gasteiger partial charge >= 0.3 is 0 Å². The molecule has 0 aliphatic heterocycles. The Morgan fingerprint density at radius 3 is 2.31 bits per heavy atom. The second-order valence-corrected chi connectivity index (χ2v) is 7.67. The molecule has 1 rings (SSSR count). The van der Waals surface area contributed by atoms with Gasteiger partial charge < -0.3 is 0 Å². The Labute approximate surface area is 124 Å². The van der Waals surface area contributed by atoms with Gasteiger partial charge in [-0.25, -0.2) is 0 Å². The first-order valence-corrected chi connectivity index (χ1v) is 8.81. The Morgan fingerprint density at radius 1 is 1.31 bits per heavy atom. The molecule has 4 heteroatoms. The fraction of sp³-hybridized carbons (Fsp3) is 0.667. The van der Waals surface area contributed by atoms with E-state index in [0.717, 1.165) is 21.4 Å². The molecule has 1 aromatic heterocycles. The lowest BCUT2D eigenvalue weighted by atomic mass is 9.80. The van der Waals surface area contributed by atoms with Crippen molar-refractivity contribution in [3.05, 3.63) is 21.3 Å². The molecule has 0 bridgehead atoms. The number of hydrogen-bond donors (Lipinski definition) is 0. The third-order valence-corrected chi connectivity index (χ3v) is 6.20. The zero-order chi connectivity index (χ0) is 12.2. The van der Waals surface area contributed by atoms with Crippen LogP contribution in [-0.4, -0.2) is 10.7 Å². The van der Waals surface area contributed by atoms with Gasteiger partial charge in [-0.05, 0) is 36.3 Å². The second-order valence-electron chi connectivity index (χ2n) is 4.75. The van der Waals surface area contributed by atoms with E-state index in [1.807, 2.05) is 6.07 Å². The molecular weight excluding hydrogens is 371 g/mol. The average Bonchev–Trinajstić information content (AvgIpc) is 2.62. The molecule has 0 unspecified atom stereocenters. The van der Waals surface area contributed by atoms with Gasteiger partial charge in [0.25, 0.3) is 0 Å². The summed E-state index contributed by atoms with van der Waals surface area (Å²) >= 11 is 15.0. The first kappa shape index (κ1) is 15.0. The highest BCUT2D eigenvalue weighted by molar-refractivity contribution is 9.09. The van der Waals surface area contributed by atoms with Gasteiger partial charge in [0.15, 0.2) is 0 Å². The van der Waals surface area contributed by atoms with Gasteiger partial charge in [-0.2, -0.15) is 0 Å². The van der Waals surface area contributed by atoms with E-state index in [0.29, 0.717) is 11.3 Å². The lowest BCUT2D eigenvalue weighted by Gasteiger charge is -2.31. The first-order valence-electron chi connectivity index (χ1n) is 5.37. The Bertz CT molecular complexity index is 319. The summed E-state index contributed by atoms with van der Waals surface area (Å²) < 4.78 is 0.887. The summed E-state index contributed by atoms with van der Waals surface area (Å²) in [5.41, 5.74) is 0.308. The lowest BCUT2D eigenvalue weighted by Crippen LogP contribution is -2.29. The minimum atomic E-state index is 0.308. The van der Waals surface area contributed by atoms with E-state index in [4.69, 9.17) is 11.6 Å². The molecule has 0 aliphatic carbocycles. The van der Waals surface area contributed by atoms with Gasteiger partial charge in [0.2, 0.25) is 0 Å². The van der Waals surface area contributed by atoms with Gasteiger partial charge in [0.05, 0.1) is 4.34 Å². The number of halogens is 3. The van der Waals surface area contributed by atoms with Crippen molar-refractivity contribution in [2.24, 2.45) is 11.3 Å². The van der Waals surface area contributed by atoms with E-state index < -0.39 is 0 Å². The molecule has 0 saturated carbocycles. The summed E-state index contributed by atoms with van der Waals surface area (Å²) in [6.07, 6.45) is 2.32. The van der Waals surface area contributed by atoms with Crippen molar-refractivity contribution in [1.82, 2.24) is 0 Å². The number of hydrogen-bond acceptors (Lipinski definition) is 1. The van der Waals surface area contributed by atoms with Crippen molar-refractivity contribution in [2.75, 3.05) is 10.7 Å². The number of rotatable bonds is 6. The van der Waals surface area contributed by atoms with E-state index in [1.54, 1.807) is 11.3 Å².